The molecule has 0 saturated carbocycles. The number of allylic oxidation sites excluding steroid dienone is 4. The second-order valence-corrected chi connectivity index (χ2v) is 6.55. The zero-order valence-corrected chi connectivity index (χ0v) is 15.2. The molecule has 0 N–H and O–H groups in total. The predicted molar refractivity (Wildman–Crippen MR) is 102 cm³/mol. The van der Waals surface area contributed by atoms with E-state index in [1.54, 1.807) is 0 Å². The van der Waals surface area contributed by atoms with E-state index in [1.807, 2.05) is 60.4 Å². The first-order valence-corrected chi connectivity index (χ1v) is 9.30. The number of oxime groups is 1. The summed E-state index contributed by atoms with van der Waals surface area (Å²) >= 11 is 0. The number of hydrogen-bond acceptors (Lipinski definition) is 4. The van der Waals surface area contributed by atoms with Gasteiger partial charge in [0.2, 0.25) is 0 Å². The summed E-state index contributed by atoms with van der Waals surface area (Å²) in [5, 5.41) is 4.35. The maximum Gasteiger partial charge on any atom is 0.409 e. The van der Waals surface area contributed by atoms with Gasteiger partial charge in [0.25, 0.3) is 0 Å². The first-order valence-electron chi connectivity index (χ1n) is 9.30. The van der Waals surface area contributed by atoms with Crippen LogP contribution in [0, 0.1) is 5.92 Å². The molecule has 1 amide bonds. The van der Waals surface area contributed by atoms with Gasteiger partial charge >= 0.3 is 6.09 Å². The maximum absolute atomic E-state index is 12.1. The quantitative estimate of drug-likeness (QED) is 0.715. The lowest BCUT2D eigenvalue weighted by atomic mass is 9.91. The fourth-order valence-corrected chi connectivity index (χ4v) is 3.45. The number of likely N-dealkylation sites (tertiary alicyclic amines) is 1. The van der Waals surface area contributed by atoms with Gasteiger partial charge in [-0.3, -0.25) is 0 Å². The Labute approximate surface area is 155 Å². The second-order valence-electron chi connectivity index (χ2n) is 6.55. The van der Waals surface area contributed by atoms with Crippen molar-refractivity contribution in [3.63, 3.8) is 0 Å². The minimum atomic E-state index is -0.204. The molecule has 5 heteroatoms. The van der Waals surface area contributed by atoms with Gasteiger partial charge in [0.1, 0.15) is 6.61 Å². The number of ether oxygens (including phenoxy) is 1. The lowest BCUT2D eigenvalue weighted by molar-refractivity contribution is 0.100. The van der Waals surface area contributed by atoms with E-state index < -0.39 is 0 Å². The van der Waals surface area contributed by atoms with Crippen LogP contribution in [-0.4, -0.2) is 35.9 Å². The molecule has 1 heterocycles. The van der Waals surface area contributed by atoms with Crippen LogP contribution in [0.5, 0.6) is 0 Å². The molecule has 1 fully saturated rings. The molecule has 138 valence electrons. The molecule has 1 aliphatic heterocycles. The number of hydrogen-bond donors (Lipinski definition) is 0. The molecule has 26 heavy (non-hydrogen) atoms. The zero-order valence-electron chi connectivity index (χ0n) is 15.2. The largest absolute Gasteiger partial charge is 0.450 e. The average molecular weight is 354 g/mol. The van der Waals surface area contributed by atoms with Crippen molar-refractivity contribution in [3.05, 3.63) is 60.2 Å². The van der Waals surface area contributed by atoms with Crippen LogP contribution >= 0.6 is 0 Å². The molecule has 5 nitrogen and oxygen atoms in total. The Hall–Kier alpha value is -2.56. The van der Waals surface area contributed by atoms with Gasteiger partial charge < -0.3 is 14.5 Å². The van der Waals surface area contributed by atoms with Crippen molar-refractivity contribution in [2.75, 3.05) is 13.2 Å². The molecule has 0 aromatic heterocycles. The third kappa shape index (κ3) is 4.75. The standard InChI is InChI=1S/C21H26N2O3/c1-2-25-21(24)23-14-8-12-19(23)15-18-11-6-7-13-20(18)22-26-16-17-9-4-3-5-10-17/h3-7,9-11,13,18-19H,2,8,12,14-16H2,1H3. The average Bonchev–Trinajstić information content (AvgIpc) is 3.12. The van der Waals surface area contributed by atoms with E-state index in [0.717, 1.165) is 37.1 Å². The fraction of sp³-hybridized carbons (Fsp3) is 0.429. The Kier molecular flexibility index (Phi) is 6.47. The highest BCUT2D eigenvalue weighted by atomic mass is 16.6. The van der Waals surface area contributed by atoms with Gasteiger partial charge in [-0.05, 0) is 37.8 Å². The first-order chi connectivity index (χ1) is 12.8. The van der Waals surface area contributed by atoms with Gasteiger partial charge in [-0.2, -0.15) is 0 Å². The molecular weight excluding hydrogens is 328 g/mol. The summed E-state index contributed by atoms with van der Waals surface area (Å²) in [5.74, 6) is 0.149. The predicted octanol–water partition coefficient (Wildman–Crippen LogP) is 4.31. The minimum Gasteiger partial charge on any atom is -0.450 e. The van der Waals surface area contributed by atoms with Crippen LogP contribution in [0.15, 0.2) is 59.8 Å². The molecular formula is C21H26N2O3. The maximum atomic E-state index is 12.1. The minimum absolute atomic E-state index is 0.149. The van der Waals surface area contributed by atoms with Crippen molar-refractivity contribution in [1.29, 1.82) is 0 Å². The van der Waals surface area contributed by atoms with E-state index in [4.69, 9.17) is 9.57 Å². The molecule has 1 aromatic rings. The highest BCUT2D eigenvalue weighted by molar-refractivity contribution is 5.98. The van der Waals surface area contributed by atoms with Crippen molar-refractivity contribution in [2.45, 2.75) is 38.8 Å². The van der Waals surface area contributed by atoms with Crippen LogP contribution in [0.1, 0.15) is 31.7 Å². The zero-order chi connectivity index (χ0) is 18.2. The van der Waals surface area contributed by atoms with Gasteiger partial charge in [0.05, 0.1) is 12.3 Å². The van der Waals surface area contributed by atoms with Crippen LogP contribution < -0.4 is 0 Å². The molecule has 1 aromatic carbocycles. The Balaban J connectivity index is 1.60. The number of carbonyl (C=O) groups excluding carboxylic acids is 1. The van der Waals surface area contributed by atoms with Gasteiger partial charge in [0, 0.05) is 18.5 Å². The summed E-state index contributed by atoms with van der Waals surface area (Å²) in [6, 6.07) is 10.2. The number of benzene rings is 1. The molecule has 3 rings (SSSR count). The summed E-state index contributed by atoms with van der Waals surface area (Å²) in [4.78, 5) is 19.5. The molecule has 1 aliphatic carbocycles. The summed E-state index contributed by atoms with van der Waals surface area (Å²) in [5.41, 5.74) is 1.99. The smallest absolute Gasteiger partial charge is 0.409 e. The lowest BCUT2D eigenvalue weighted by Gasteiger charge is -2.27. The van der Waals surface area contributed by atoms with Gasteiger partial charge in [-0.1, -0.05) is 53.7 Å². The Morgan fingerprint density at radius 3 is 2.92 bits per heavy atom. The summed E-state index contributed by atoms with van der Waals surface area (Å²) in [7, 11) is 0. The highest BCUT2D eigenvalue weighted by Crippen LogP contribution is 2.27. The van der Waals surface area contributed by atoms with Crippen molar-refractivity contribution >= 4 is 11.8 Å². The molecule has 2 atom stereocenters. The topological polar surface area (TPSA) is 51.1 Å². The first kappa shape index (κ1) is 18.2. The van der Waals surface area contributed by atoms with Crippen LogP contribution in [0.4, 0.5) is 4.79 Å². The van der Waals surface area contributed by atoms with Crippen LogP contribution in [-0.2, 0) is 16.2 Å². The highest BCUT2D eigenvalue weighted by Gasteiger charge is 2.32. The molecule has 2 aliphatic rings. The number of nitrogens with zero attached hydrogens (tertiary/aromatic N) is 2. The van der Waals surface area contributed by atoms with E-state index in [-0.39, 0.29) is 18.1 Å². The monoisotopic (exact) mass is 354 g/mol. The Bertz CT molecular complexity index is 682. The SMILES string of the molecule is CCOC(=O)N1CCCC1CC1C=CC=CC1=NOCc1ccccc1. The van der Waals surface area contributed by atoms with Crippen LogP contribution in [0.25, 0.3) is 0 Å². The Morgan fingerprint density at radius 1 is 1.27 bits per heavy atom. The van der Waals surface area contributed by atoms with Gasteiger partial charge in [-0.25, -0.2) is 4.79 Å². The Morgan fingerprint density at radius 2 is 2.12 bits per heavy atom. The molecule has 1 saturated heterocycles. The van der Waals surface area contributed by atoms with Crippen molar-refractivity contribution in [3.8, 4) is 0 Å². The normalized spacial score (nSPS) is 23.4. The van der Waals surface area contributed by atoms with E-state index in [2.05, 4.69) is 11.2 Å². The van der Waals surface area contributed by atoms with Crippen LogP contribution in [0.3, 0.4) is 0 Å². The lowest BCUT2D eigenvalue weighted by Crippen LogP contribution is -2.37. The molecule has 0 radical (unpaired) electrons. The number of carbonyl (C=O) groups is 1. The molecule has 0 bridgehead atoms. The van der Waals surface area contributed by atoms with E-state index in [9.17, 15) is 4.79 Å². The van der Waals surface area contributed by atoms with Crippen molar-refractivity contribution in [1.82, 2.24) is 4.90 Å². The second kappa shape index (κ2) is 9.22. The van der Waals surface area contributed by atoms with Crippen molar-refractivity contribution in [2.24, 2.45) is 11.1 Å². The van der Waals surface area contributed by atoms with E-state index >= 15 is 0 Å². The number of amides is 1. The van der Waals surface area contributed by atoms with Crippen molar-refractivity contribution < 1.29 is 14.4 Å². The molecule has 2 unspecified atom stereocenters. The third-order valence-electron chi connectivity index (χ3n) is 4.75. The third-order valence-corrected chi connectivity index (χ3v) is 4.75. The van der Waals surface area contributed by atoms with E-state index in [1.165, 1.54) is 0 Å². The molecule has 0 spiro atoms. The summed E-state index contributed by atoms with van der Waals surface area (Å²) < 4.78 is 5.19. The summed E-state index contributed by atoms with van der Waals surface area (Å²) in [6.45, 7) is 3.47. The van der Waals surface area contributed by atoms with Gasteiger partial charge in [0.15, 0.2) is 0 Å². The van der Waals surface area contributed by atoms with Gasteiger partial charge in [-0.15, -0.1) is 0 Å². The van der Waals surface area contributed by atoms with Crippen LogP contribution in [0.2, 0.25) is 0 Å². The fourth-order valence-electron chi connectivity index (χ4n) is 3.45. The summed E-state index contributed by atoms with van der Waals surface area (Å²) in [6.07, 6.45) is 10.8. The van der Waals surface area contributed by atoms with E-state index in [0.29, 0.717) is 13.2 Å². The number of rotatable bonds is 6.